The number of hydrogen-bond acceptors (Lipinski definition) is 7. The number of ether oxygens (including phenoxy) is 2. The van der Waals surface area contributed by atoms with Gasteiger partial charge in [-0.25, -0.2) is 4.79 Å². The highest BCUT2D eigenvalue weighted by molar-refractivity contribution is 8.04. The molecular formula is C14H17NO6S. The molecule has 0 radical (unpaired) electrons. The maximum absolute atomic E-state index is 12.2. The van der Waals surface area contributed by atoms with Gasteiger partial charge in [-0.2, -0.15) is 0 Å². The molecule has 22 heavy (non-hydrogen) atoms. The third kappa shape index (κ3) is 3.01. The molecule has 0 bridgehead atoms. The van der Waals surface area contributed by atoms with Crippen LogP contribution in [-0.4, -0.2) is 47.1 Å². The van der Waals surface area contributed by atoms with Crippen molar-refractivity contribution in [2.45, 2.75) is 32.6 Å². The first-order valence-electron chi connectivity index (χ1n) is 6.89. The Kier molecular flexibility index (Phi) is 4.90. The van der Waals surface area contributed by atoms with E-state index in [1.165, 1.54) is 30.5 Å². The molecule has 0 saturated carbocycles. The molecule has 2 heterocycles. The molecule has 1 fully saturated rings. The molecule has 0 aliphatic carbocycles. The van der Waals surface area contributed by atoms with Gasteiger partial charge in [-0.3, -0.25) is 19.3 Å². The maximum atomic E-state index is 12.2. The van der Waals surface area contributed by atoms with Crippen molar-refractivity contribution in [1.29, 1.82) is 0 Å². The number of Topliss-reactive ketones (excluding diaryl/α,β-unsaturated/α-hetero) is 1. The van der Waals surface area contributed by atoms with E-state index in [2.05, 4.69) is 0 Å². The van der Waals surface area contributed by atoms with Crippen LogP contribution in [0, 0.1) is 5.92 Å². The summed E-state index contributed by atoms with van der Waals surface area (Å²) in [6.07, 6.45) is 0.670. The van der Waals surface area contributed by atoms with Crippen LogP contribution in [0.1, 0.15) is 27.2 Å². The lowest BCUT2D eigenvalue weighted by molar-refractivity contribution is -0.154. The first kappa shape index (κ1) is 16.5. The molecule has 1 saturated heterocycles. The molecule has 7 nitrogen and oxygen atoms in total. The minimum atomic E-state index is -0.741. The molecule has 2 aliphatic rings. The zero-order valence-electron chi connectivity index (χ0n) is 12.6. The number of β-lactam (4-membered cyclic amide) rings is 1. The lowest BCUT2D eigenvalue weighted by Gasteiger charge is -2.42. The van der Waals surface area contributed by atoms with Crippen molar-refractivity contribution < 1.29 is 28.7 Å². The van der Waals surface area contributed by atoms with Crippen LogP contribution in [0.4, 0.5) is 0 Å². The van der Waals surface area contributed by atoms with E-state index < -0.39 is 11.9 Å². The lowest BCUT2D eigenvalue weighted by atomic mass is 9.94. The number of carbonyl (C=O) groups is 4. The second kappa shape index (κ2) is 6.51. The van der Waals surface area contributed by atoms with Gasteiger partial charge in [-0.1, -0.05) is 18.7 Å². The van der Waals surface area contributed by atoms with Gasteiger partial charge in [0.2, 0.25) is 5.91 Å². The Balaban J connectivity index is 2.19. The number of amides is 1. The summed E-state index contributed by atoms with van der Waals surface area (Å²) >= 11 is 1.33. The van der Waals surface area contributed by atoms with Crippen molar-refractivity contribution in [1.82, 2.24) is 4.90 Å². The zero-order valence-corrected chi connectivity index (χ0v) is 13.4. The third-order valence-electron chi connectivity index (χ3n) is 3.37. The number of nitrogens with zero attached hydrogens (tertiary/aromatic N) is 1. The van der Waals surface area contributed by atoms with Crippen molar-refractivity contribution in [2.24, 2.45) is 5.92 Å². The van der Waals surface area contributed by atoms with Gasteiger partial charge >= 0.3 is 11.9 Å². The molecule has 0 aromatic rings. The Morgan fingerprint density at radius 2 is 1.91 bits per heavy atom. The fourth-order valence-electron chi connectivity index (χ4n) is 2.33. The fraction of sp³-hybridized carbons (Fsp3) is 0.571. The first-order chi connectivity index (χ1) is 10.4. The van der Waals surface area contributed by atoms with Crippen molar-refractivity contribution >= 4 is 35.4 Å². The topological polar surface area (TPSA) is 90.0 Å². The smallest absolute Gasteiger partial charge is 0.356 e. The highest BCUT2D eigenvalue weighted by Gasteiger charge is 2.55. The molecule has 0 spiro atoms. The Morgan fingerprint density at radius 1 is 1.23 bits per heavy atom. The SMILES string of the molecule is CC[C@H]1C(=O)N2C(C(=O)OCC(C)=O)=C(COC(C)=O)S[C@H]12. The molecule has 2 aliphatic heterocycles. The average molecular weight is 327 g/mol. The van der Waals surface area contributed by atoms with Crippen molar-refractivity contribution in [3.05, 3.63) is 10.6 Å². The first-order valence-corrected chi connectivity index (χ1v) is 7.77. The van der Waals surface area contributed by atoms with Crippen LogP contribution in [0.2, 0.25) is 0 Å². The van der Waals surface area contributed by atoms with Gasteiger partial charge < -0.3 is 9.47 Å². The third-order valence-corrected chi connectivity index (χ3v) is 4.74. The second-order valence-electron chi connectivity index (χ2n) is 5.06. The van der Waals surface area contributed by atoms with Gasteiger partial charge in [0.1, 0.15) is 18.9 Å². The van der Waals surface area contributed by atoms with Gasteiger partial charge in [0, 0.05) is 6.92 Å². The molecule has 2 rings (SSSR count). The summed E-state index contributed by atoms with van der Waals surface area (Å²) in [5.74, 6) is -1.81. The van der Waals surface area contributed by atoms with Gasteiger partial charge in [0.05, 0.1) is 16.2 Å². The number of fused-ring (bicyclic) bond motifs is 1. The quantitative estimate of drug-likeness (QED) is 0.527. The van der Waals surface area contributed by atoms with Crippen LogP contribution in [0.3, 0.4) is 0 Å². The molecule has 120 valence electrons. The summed E-state index contributed by atoms with van der Waals surface area (Å²) in [6, 6.07) is 0. The fourth-order valence-corrected chi connectivity index (χ4v) is 3.83. The normalized spacial score (nSPS) is 23.0. The van der Waals surface area contributed by atoms with E-state index in [0.29, 0.717) is 11.3 Å². The van der Waals surface area contributed by atoms with E-state index in [1.807, 2.05) is 6.92 Å². The number of esters is 2. The summed E-state index contributed by atoms with van der Waals surface area (Å²) in [5.41, 5.74) is 0.0900. The summed E-state index contributed by atoms with van der Waals surface area (Å²) < 4.78 is 9.83. The van der Waals surface area contributed by atoms with E-state index in [0.717, 1.165) is 0 Å². The molecule has 2 atom stereocenters. The van der Waals surface area contributed by atoms with E-state index >= 15 is 0 Å². The van der Waals surface area contributed by atoms with Crippen molar-refractivity contribution in [2.75, 3.05) is 13.2 Å². The van der Waals surface area contributed by atoms with E-state index in [9.17, 15) is 19.2 Å². The van der Waals surface area contributed by atoms with Gasteiger partial charge in [0.25, 0.3) is 0 Å². The van der Waals surface area contributed by atoms with Gasteiger partial charge in [-0.15, -0.1) is 0 Å². The molecule has 0 aromatic heterocycles. The highest BCUT2D eigenvalue weighted by atomic mass is 32.2. The Bertz CT molecular complexity index is 570. The summed E-state index contributed by atoms with van der Waals surface area (Å²) in [7, 11) is 0. The van der Waals surface area contributed by atoms with Gasteiger partial charge in [-0.05, 0) is 13.3 Å². The van der Waals surface area contributed by atoms with E-state index in [4.69, 9.17) is 9.47 Å². The van der Waals surface area contributed by atoms with Crippen LogP contribution in [0.5, 0.6) is 0 Å². The predicted molar refractivity (Wildman–Crippen MR) is 77.3 cm³/mol. The minimum absolute atomic E-state index is 0.0821. The average Bonchev–Trinajstić information content (AvgIpc) is 2.78. The Labute approximate surface area is 132 Å². The molecule has 1 amide bonds. The van der Waals surface area contributed by atoms with E-state index in [-0.39, 0.29) is 41.9 Å². The van der Waals surface area contributed by atoms with Crippen molar-refractivity contribution in [3.8, 4) is 0 Å². The maximum Gasteiger partial charge on any atom is 0.356 e. The Hall–Kier alpha value is -1.83. The monoisotopic (exact) mass is 327 g/mol. The molecule has 8 heteroatoms. The number of thioether (sulfide) groups is 1. The largest absolute Gasteiger partial charge is 0.460 e. The number of ketones is 1. The van der Waals surface area contributed by atoms with Gasteiger partial charge in [0.15, 0.2) is 5.78 Å². The highest BCUT2D eigenvalue weighted by Crippen LogP contribution is 2.50. The van der Waals surface area contributed by atoms with E-state index in [1.54, 1.807) is 0 Å². The van der Waals surface area contributed by atoms with Crippen LogP contribution < -0.4 is 0 Å². The Morgan fingerprint density at radius 3 is 2.45 bits per heavy atom. The standard InChI is InChI=1S/C14H17NO6S/c1-4-9-12(18)15-11(14(19)21-5-7(2)16)10(22-13(9)15)6-20-8(3)17/h9,13H,4-6H2,1-3H3/t9-,13+/m0/s1. The number of carbonyl (C=O) groups excluding carboxylic acids is 4. The molecular weight excluding hydrogens is 310 g/mol. The van der Waals surface area contributed by atoms with Crippen LogP contribution in [-0.2, 0) is 28.7 Å². The summed E-state index contributed by atoms with van der Waals surface area (Å²) in [4.78, 5) is 48.0. The summed E-state index contributed by atoms with van der Waals surface area (Å²) in [6.45, 7) is 4.04. The zero-order chi connectivity index (χ0) is 16.4. The second-order valence-corrected chi connectivity index (χ2v) is 6.27. The number of hydrogen-bond donors (Lipinski definition) is 0. The summed E-state index contributed by atoms with van der Waals surface area (Å²) in [5, 5.41) is -0.164. The molecule has 0 aromatic carbocycles. The predicted octanol–water partition coefficient (Wildman–Crippen LogP) is 0.835. The van der Waals surface area contributed by atoms with Crippen LogP contribution >= 0.6 is 11.8 Å². The lowest BCUT2D eigenvalue weighted by Crippen LogP contribution is -2.57. The van der Waals surface area contributed by atoms with Crippen LogP contribution in [0.15, 0.2) is 10.6 Å². The molecule has 0 unspecified atom stereocenters. The minimum Gasteiger partial charge on any atom is -0.460 e. The van der Waals surface area contributed by atoms with Crippen molar-refractivity contribution in [3.63, 3.8) is 0 Å². The van der Waals surface area contributed by atoms with Crippen LogP contribution in [0.25, 0.3) is 0 Å². The number of rotatable bonds is 6. The molecule has 0 N–H and O–H groups in total.